The van der Waals surface area contributed by atoms with Crippen molar-refractivity contribution in [3.63, 3.8) is 0 Å². The van der Waals surface area contributed by atoms with Crippen LogP contribution in [0, 0.1) is 0 Å². The molecule has 0 spiro atoms. The van der Waals surface area contributed by atoms with Crippen LogP contribution >= 0.6 is 0 Å². The summed E-state index contributed by atoms with van der Waals surface area (Å²) in [6.45, 7) is -0.500. The molecular formula is C4H17MgO4Sb. The van der Waals surface area contributed by atoms with Crippen molar-refractivity contribution in [2.24, 2.45) is 0 Å². The zero-order chi connectivity index (χ0) is 6.83. The molecule has 4 nitrogen and oxygen atoms in total. The van der Waals surface area contributed by atoms with Gasteiger partial charge in [0.05, 0.1) is 26.4 Å². The van der Waals surface area contributed by atoms with Crippen LogP contribution in [-0.4, -0.2) is 94.3 Å². The summed E-state index contributed by atoms with van der Waals surface area (Å²) in [6, 6.07) is 0. The van der Waals surface area contributed by atoms with E-state index in [0.717, 1.165) is 0 Å². The van der Waals surface area contributed by atoms with Gasteiger partial charge in [-0.05, 0) is 0 Å². The molecule has 0 aromatic heterocycles. The van der Waals surface area contributed by atoms with Crippen LogP contribution in [0.15, 0.2) is 0 Å². The molecule has 0 saturated carbocycles. The van der Waals surface area contributed by atoms with Crippen molar-refractivity contribution < 1.29 is 20.4 Å². The quantitative estimate of drug-likeness (QED) is 0.386. The molecule has 4 N–H and O–H groups in total. The van der Waals surface area contributed by atoms with E-state index in [1.807, 2.05) is 0 Å². The molecule has 0 bridgehead atoms. The Labute approximate surface area is 93.9 Å². The van der Waals surface area contributed by atoms with Gasteiger partial charge in [-0.2, -0.15) is 0 Å². The molecule has 6 heteroatoms. The van der Waals surface area contributed by atoms with Crippen LogP contribution in [0.5, 0.6) is 0 Å². The summed E-state index contributed by atoms with van der Waals surface area (Å²) in [7, 11) is 0. The Morgan fingerprint density at radius 3 is 0.700 bits per heavy atom. The van der Waals surface area contributed by atoms with Gasteiger partial charge in [0.2, 0.25) is 0 Å². The zero-order valence-corrected chi connectivity index (χ0v) is 9.36. The summed E-state index contributed by atoms with van der Waals surface area (Å²) in [5.41, 5.74) is 0. The van der Waals surface area contributed by atoms with Crippen molar-refractivity contribution >= 4 is 47.5 Å². The molecule has 0 unspecified atom stereocenters. The van der Waals surface area contributed by atoms with Gasteiger partial charge in [-0.25, -0.2) is 0 Å². The predicted molar refractivity (Wildman–Crippen MR) is 46.8 cm³/mol. The van der Waals surface area contributed by atoms with E-state index in [2.05, 4.69) is 0 Å². The Bertz CT molecular complexity index is 25.2. The van der Waals surface area contributed by atoms with Gasteiger partial charge in [-0.1, -0.05) is 0 Å². The fraction of sp³-hybridized carbons (Fsp3) is 1.00. The molecule has 0 amide bonds. The molecule has 0 aliphatic carbocycles. The van der Waals surface area contributed by atoms with Crippen molar-refractivity contribution in [3.8, 4) is 0 Å². The maximum atomic E-state index is 7.62. The second-order valence-electron chi connectivity index (χ2n) is 0.894. The molecule has 0 rings (SSSR count). The second kappa shape index (κ2) is 31.5. The van der Waals surface area contributed by atoms with Crippen LogP contribution < -0.4 is 0 Å². The minimum atomic E-state index is -0.125. The number of hydrogen-bond donors (Lipinski definition) is 4. The van der Waals surface area contributed by atoms with E-state index < -0.39 is 0 Å². The summed E-state index contributed by atoms with van der Waals surface area (Å²) < 4.78 is 0. The number of rotatable bonds is 2. The Balaban J connectivity index is -0.0000000300. The van der Waals surface area contributed by atoms with Crippen molar-refractivity contribution in [2.75, 3.05) is 26.4 Å². The van der Waals surface area contributed by atoms with Gasteiger partial charge in [-0.15, -0.1) is 0 Å². The van der Waals surface area contributed by atoms with E-state index in [9.17, 15) is 0 Å². The molecule has 0 aromatic carbocycles. The monoisotopic (exact) mass is 274 g/mol. The first kappa shape index (κ1) is 22.5. The van der Waals surface area contributed by atoms with E-state index in [-0.39, 0.29) is 73.9 Å². The normalized spacial score (nSPS) is 6.00. The van der Waals surface area contributed by atoms with Crippen LogP contribution in [0.4, 0.5) is 0 Å². The second-order valence-corrected chi connectivity index (χ2v) is 0.894. The van der Waals surface area contributed by atoms with Crippen LogP contribution in [-0.2, 0) is 0 Å². The SMILES string of the molecule is OCCO.OCCO.[MgH2].[SbH3]. The van der Waals surface area contributed by atoms with Gasteiger partial charge in [0.25, 0.3) is 0 Å². The zero-order valence-electron chi connectivity index (χ0n) is 5.32. The maximum absolute atomic E-state index is 7.62. The molecule has 0 aliphatic rings. The van der Waals surface area contributed by atoms with Crippen LogP contribution in [0.3, 0.4) is 0 Å². The molecule has 0 saturated heterocycles. The third-order valence-electron chi connectivity index (χ3n) is 0.200. The first-order chi connectivity index (χ1) is 3.83. The molecule has 0 heterocycles. The Morgan fingerprint density at radius 2 is 0.700 bits per heavy atom. The molecule has 64 valence electrons. The molecule has 0 aliphatic heterocycles. The first-order valence-corrected chi connectivity index (χ1v) is 2.26. The Morgan fingerprint density at radius 1 is 0.600 bits per heavy atom. The van der Waals surface area contributed by atoms with E-state index in [1.54, 1.807) is 0 Å². The topological polar surface area (TPSA) is 80.9 Å². The standard InChI is InChI=1S/2C2H6O2.Mg.Sb.5H/c2*3-1-2-4;;;;;;;/h2*3-4H,1-2H2;;;;;;;. The van der Waals surface area contributed by atoms with E-state index >= 15 is 0 Å². The molecule has 0 aromatic rings. The van der Waals surface area contributed by atoms with Crippen molar-refractivity contribution in [1.29, 1.82) is 0 Å². The molecule has 10 heavy (non-hydrogen) atoms. The van der Waals surface area contributed by atoms with Gasteiger partial charge in [0, 0.05) is 0 Å². The van der Waals surface area contributed by atoms with Crippen LogP contribution in [0.2, 0.25) is 0 Å². The number of hydrogen-bond acceptors (Lipinski definition) is 4. The van der Waals surface area contributed by atoms with E-state index in [1.165, 1.54) is 0 Å². The van der Waals surface area contributed by atoms with E-state index in [4.69, 9.17) is 20.4 Å². The van der Waals surface area contributed by atoms with Crippen molar-refractivity contribution in [2.45, 2.75) is 0 Å². The number of aliphatic hydroxyl groups is 4. The Hall–Kier alpha value is 1.42. The van der Waals surface area contributed by atoms with Gasteiger partial charge in [0.1, 0.15) is 0 Å². The average Bonchev–Trinajstić information content (AvgIpc) is 1.88. The summed E-state index contributed by atoms with van der Waals surface area (Å²) in [5.74, 6) is 0. The van der Waals surface area contributed by atoms with Crippen molar-refractivity contribution in [3.05, 3.63) is 0 Å². The summed E-state index contributed by atoms with van der Waals surface area (Å²) >= 11 is 0. The molecule has 0 fully saturated rings. The first-order valence-electron chi connectivity index (χ1n) is 2.26. The fourth-order valence-corrected chi connectivity index (χ4v) is 0. The van der Waals surface area contributed by atoms with Crippen molar-refractivity contribution in [1.82, 2.24) is 0 Å². The summed E-state index contributed by atoms with van der Waals surface area (Å²) in [5, 5.41) is 30.5. The van der Waals surface area contributed by atoms with Gasteiger partial charge in [-0.3, -0.25) is 0 Å². The minimum absolute atomic E-state index is 0. The van der Waals surface area contributed by atoms with Crippen LogP contribution in [0.25, 0.3) is 0 Å². The summed E-state index contributed by atoms with van der Waals surface area (Å²) in [4.78, 5) is 0. The molecule has 0 atom stereocenters. The third-order valence-corrected chi connectivity index (χ3v) is 0.200. The fourth-order valence-electron chi connectivity index (χ4n) is 0. The summed E-state index contributed by atoms with van der Waals surface area (Å²) in [6.07, 6.45) is 0. The Kier molecular flexibility index (Phi) is 70.9. The predicted octanol–water partition coefficient (Wildman–Crippen LogP) is -4.16. The van der Waals surface area contributed by atoms with Gasteiger partial charge >= 0.3 is 47.5 Å². The molecular weight excluding hydrogens is 258 g/mol. The van der Waals surface area contributed by atoms with Gasteiger partial charge in [0.15, 0.2) is 0 Å². The molecule has 0 radical (unpaired) electrons. The average molecular weight is 275 g/mol. The third kappa shape index (κ3) is 57.0. The van der Waals surface area contributed by atoms with Crippen LogP contribution in [0.1, 0.15) is 0 Å². The number of aliphatic hydroxyl groups excluding tert-OH is 4. The van der Waals surface area contributed by atoms with E-state index in [0.29, 0.717) is 0 Å². The van der Waals surface area contributed by atoms with Gasteiger partial charge < -0.3 is 20.4 Å².